The van der Waals surface area contributed by atoms with Crippen LogP contribution in [-0.2, 0) is 9.47 Å². The van der Waals surface area contributed by atoms with Crippen molar-refractivity contribution in [1.82, 2.24) is 0 Å². The van der Waals surface area contributed by atoms with E-state index >= 15 is 0 Å². The third-order valence-corrected chi connectivity index (χ3v) is 9.73. The summed E-state index contributed by atoms with van der Waals surface area (Å²) in [6, 6.07) is 8.60. The molecular formula is C32H44O3. The van der Waals surface area contributed by atoms with Crippen molar-refractivity contribution < 1.29 is 14.6 Å². The highest BCUT2D eigenvalue weighted by Gasteiger charge is 2.55. The molecule has 35 heavy (non-hydrogen) atoms. The minimum absolute atomic E-state index is 0.00505. The van der Waals surface area contributed by atoms with Gasteiger partial charge in [-0.1, -0.05) is 63.8 Å². The van der Waals surface area contributed by atoms with Crippen molar-refractivity contribution in [2.45, 2.75) is 96.9 Å². The Morgan fingerprint density at radius 3 is 2.40 bits per heavy atom. The van der Waals surface area contributed by atoms with E-state index in [-0.39, 0.29) is 16.9 Å². The fourth-order valence-electron chi connectivity index (χ4n) is 7.76. The van der Waals surface area contributed by atoms with Gasteiger partial charge in [0.1, 0.15) is 0 Å². The molecule has 0 aromatic heterocycles. The topological polar surface area (TPSA) is 38.7 Å². The molecule has 2 saturated carbocycles. The van der Waals surface area contributed by atoms with Gasteiger partial charge in [-0.05, 0) is 73.0 Å². The molecule has 5 rings (SSSR count). The number of aliphatic hydroxyl groups excluding tert-OH is 1. The molecule has 190 valence electrons. The van der Waals surface area contributed by atoms with E-state index in [1.54, 1.807) is 5.57 Å². The summed E-state index contributed by atoms with van der Waals surface area (Å²) in [7, 11) is 0. The van der Waals surface area contributed by atoms with Gasteiger partial charge in [-0.3, -0.25) is 0 Å². The van der Waals surface area contributed by atoms with Crippen LogP contribution >= 0.6 is 0 Å². The molecule has 1 aromatic carbocycles. The van der Waals surface area contributed by atoms with Gasteiger partial charge in [-0.2, -0.15) is 0 Å². The van der Waals surface area contributed by atoms with Crippen molar-refractivity contribution >= 4 is 0 Å². The van der Waals surface area contributed by atoms with E-state index in [0.29, 0.717) is 23.7 Å². The van der Waals surface area contributed by atoms with Gasteiger partial charge in [0.2, 0.25) is 0 Å². The second kappa shape index (κ2) is 9.37. The Morgan fingerprint density at radius 2 is 1.74 bits per heavy atom. The Hall–Kier alpha value is -1.60. The highest BCUT2D eigenvalue weighted by atomic mass is 16.7. The Kier molecular flexibility index (Phi) is 6.71. The number of terminal acetylenes is 1. The van der Waals surface area contributed by atoms with Crippen LogP contribution in [0, 0.1) is 40.9 Å². The van der Waals surface area contributed by atoms with Gasteiger partial charge in [0.15, 0.2) is 5.79 Å². The van der Waals surface area contributed by atoms with Crippen LogP contribution in [0.4, 0.5) is 0 Å². The number of ether oxygens (including phenoxy) is 2. The van der Waals surface area contributed by atoms with Crippen LogP contribution in [0.2, 0.25) is 0 Å². The summed E-state index contributed by atoms with van der Waals surface area (Å²) in [5.74, 6) is 4.27. The van der Waals surface area contributed by atoms with Crippen LogP contribution in [0.15, 0.2) is 35.9 Å². The van der Waals surface area contributed by atoms with Crippen LogP contribution in [0.1, 0.15) is 96.1 Å². The second-order valence-electron chi connectivity index (χ2n) is 12.9. The third-order valence-electron chi connectivity index (χ3n) is 9.73. The lowest BCUT2D eigenvalue weighted by Crippen LogP contribution is -2.49. The minimum atomic E-state index is -0.449. The van der Waals surface area contributed by atoms with Gasteiger partial charge in [0.05, 0.1) is 19.3 Å². The van der Waals surface area contributed by atoms with Crippen LogP contribution < -0.4 is 0 Å². The van der Waals surface area contributed by atoms with Crippen LogP contribution in [0.25, 0.3) is 0 Å². The van der Waals surface area contributed by atoms with E-state index in [0.717, 1.165) is 57.3 Å². The molecule has 1 N–H and O–H groups in total. The molecular weight excluding hydrogens is 432 g/mol. The van der Waals surface area contributed by atoms with Gasteiger partial charge >= 0.3 is 0 Å². The molecule has 3 aliphatic carbocycles. The lowest BCUT2D eigenvalue weighted by Gasteiger charge is -2.51. The molecule has 3 heteroatoms. The van der Waals surface area contributed by atoms with Crippen molar-refractivity contribution in [2.24, 2.45) is 28.6 Å². The zero-order chi connectivity index (χ0) is 24.8. The molecule has 0 bridgehead atoms. The molecule has 3 fully saturated rings. The maximum Gasteiger partial charge on any atom is 0.168 e. The predicted octanol–water partition coefficient (Wildman–Crippen LogP) is 6.84. The number of hydrogen-bond donors (Lipinski definition) is 1. The molecule has 1 aliphatic heterocycles. The summed E-state index contributed by atoms with van der Waals surface area (Å²) in [5, 5.41) is 11.0. The Morgan fingerprint density at radius 1 is 1.03 bits per heavy atom. The van der Waals surface area contributed by atoms with Crippen molar-refractivity contribution in [3.05, 3.63) is 47.0 Å². The predicted molar refractivity (Wildman–Crippen MR) is 141 cm³/mol. The van der Waals surface area contributed by atoms with E-state index in [1.165, 1.54) is 18.4 Å². The van der Waals surface area contributed by atoms with Crippen molar-refractivity contribution in [3.63, 3.8) is 0 Å². The lowest BCUT2D eigenvalue weighted by molar-refractivity contribution is -0.307. The molecule has 1 aromatic rings. The first-order valence-electron chi connectivity index (χ1n) is 13.9. The van der Waals surface area contributed by atoms with E-state index in [9.17, 15) is 5.11 Å². The maximum atomic E-state index is 11.0. The molecule has 6 unspecified atom stereocenters. The van der Waals surface area contributed by atoms with Crippen molar-refractivity contribution in [1.29, 1.82) is 0 Å². The van der Waals surface area contributed by atoms with Crippen LogP contribution in [-0.4, -0.2) is 30.2 Å². The van der Waals surface area contributed by atoms with E-state index in [1.807, 2.05) is 0 Å². The van der Waals surface area contributed by atoms with Gasteiger partial charge in [-0.25, -0.2) is 0 Å². The zero-order valence-electron chi connectivity index (χ0n) is 22.2. The molecule has 0 spiro atoms. The van der Waals surface area contributed by atoms with Crippen LogP contribution in [0.3, 0.4) is 0 Å². The summed E-state index contributed by atoms with van der Waals surface area (Å²) in [4.78, 5) is 0. The summed E-state index contributed by atoms with van der Waals surface area (Å²) >= 11 is 0. The average molecular weight is 477 g/mol. The number of aliphatic hydroxyl groups is 1. The first-order valence-corrected chi connectivity index (χ1v) is 13.9. The fraction of sp³-hybridized carbons (Fsp3) is 0.688. The summed E-state index contributed by atoms with van der Waals surface area (Å²) in [5.41, 5.74) is 3.95. The highest BCUT2D eigenvalue weighted by Crippen LogP contribution is 2.62. The molecule has 0 amide bonds. The number of hydrogen-bond acceptors (Lipinski definition) is 3. The first-order chi connectivity index (χ1) is 16.7. The molecule has 6 atom stereocenters. The van der Waals surface area contributed by atoms with Gasteiger partial charge in [0, 0.05) is 29.7 Å². The second-order valence-corrected chi connectivity index (χ2v) is 12.9. The normalized spacial score (nSPS) is 37.6. The van der Waals surface area contributed by atoms with Gasteiger partial charge in [-0.15, -0.1) is 6.42 Å². The van der Waals surface area contributed by atoms with E-state index in [2.05, 4.69) is 64.0 Å². The van der Waals surface area contributed by atoms with Gasteiger partial charge < -0.3 is 14.6 Å². The quantitative estimate of drug-likeness (QED) is 0.373. The first kappa shape index (κ1) is 25.1. The standard InChI is InChI=1S/C32H44O3/c1-6-16-32(34-20-30(3,4)21-35-32)18-23-10-13-25-26(17-23)27(24-11-8-22(7-2)9-12-24)19-31(5)28(25)14-15-29(31)33/h2,8-9,11-12,17,23,25,27-29,33H,6,10,13-16,18-21H2,1,3-5H3. The summed E-state index contributed by atoms with van der Waals surface area (Å²) in [6.45, 7) is 10.6. The number of allylic oxidation sites excluding steroid dienone is 2. The van der Waals surface area contributed by atoms with Crippen molar-refractivity contribution in [2.75, 3.05) is 13.2 Å². The monoisotopic (exact) mass is 476 g/mol. The molecule has 4 aliphatic rings. The molecule has 0 radical (unpaired) electrons. The largest absolute Gasteiger partial charge is 0.393 e. The molecule has 1 saturated heterocycles. The minimum Gasteiger partial charge on any atom is -0.393 e. The molecule has 3 nitrogen and oxygen atoms in total. The summed E-state index contributed by atoms with van der Waals surface area (Å²) < 4.78 is 13.0. The zero-order valence-corrected chi connectivity index (χ0v) is 22.2. The summed E-state index contributed by atoms with van der Waals surface area (Å²) in [6.07, 6.45) is 16.5. The van der Waals surface area contributed by atoms with E-state index in [4.69, 9.17) is 15.9 Å². The average Bonchev–Trinajstić information content (AvgIpc) is 3.15. The highest BCUT2D eigenvalue weighted by molar-refractivity contribution is 5.40. The number of benzene rings is 1. The van der Waals surface area contributed by atoms with Crippen molar-refractivity contribution in [3.8, 4) is 12.3 Å². The number of fused-ring (bicyclic) bond motifs is 3. The Labute approximate surface area is 212 Å². The SMILES string of the molecule is C#Cc1ccc(C2CC3(C)C(O)CCC3C3CCC(CC4(CCC)OCC(C)(C)CO4)C=C23)cc1. The fourth-order valence-corrected chi connectivity index (χ4v) is 7.76. The van der Waals surface area contributed by atoms with E-state index < -0.39 is 5.79 Å². The van der Waals surface area contributed by atoms with Gasteiger partial charge in [0.25, 0.3) is 0 Å². The van der Waals surface area contributed by atoms with Crippen LogP contribution in [0.5, 0.6) is 0 Å². The smallest absolute Gasteiger partial charge is 0.168 e. The third kappa shape index (κ3) is 4.63. The Balaban J connectivity index is 1.46. The number of rotatable bonds is 5. The Bertz CT molecular complexity index is 973. The molecule has 1 heterocycles. The maximum absolute atomic E-state index is 11.0. The lowest BCUT2D eigenvalue weighted by atomic mass is 9.54.